The number of halogens is 2. The number of cyclic esters (lactones) is 1. The van der Waals surface area contributed by atoms with Gasteiger partial charge in [0.1, 0.15) is 6.61 Å². The first-order valence-electron chi connectivity index (χ1n) is 5.10. The number of benzene rings is 1. The number of esters is 1. The maximum Gasteiger partial charge on any atom is 0.341 e. The fourth-order valence-corrected chi connectivity index (χ4v) is 1.97. The Balaban J connectivity index is 2.27. The van der Waals surface area contributed by atoms with Crippen LogP contribution < -0.4 is 5.32 Å². The van der Waals surface area contributed by atoms with Crippen molar-refractivity contribution < 1.29 is 14.6 Å². The van der Waals surface area contributed by atoms with E-state index in [1.807, 2.05) is 0 Å². The van der Waals surface area contributed by atoms with Gasteiger partial charge in [0.05, 0.1) is 28.3 Å². The summed E-state index contributed by atoms with van der Waals surface area (Å²) >= 11 is 11.5. The lowest BCUT2D eigenvalue weighted by atomic mass is 10.1. The van der Waals surface area contributed by atoms with Gasteiger partial charge in [0.2, 0.25) is 0 Å². The average molecular weight is 276 g/mol. The molecule has 1 aromatic rings. The molecule has 0 amide bonds. The van der Waals surface area contributed by atoms with Crippen molar-refractivity contribution in [2.24, 2.45) is 0 Å². The van der Waals surface area contributed by atoms with Crippen LogP contribution in [-0.4, -0.2) is 29.6 Å². The minimum Gasteiger partial charge on any atom is -0.457 e. The highest BCUT2D eigenvalue weighted by Gasteiger charge is 2.26. The van der Waals surface area contributed by atoms with Crippen molar-refractivity contribution in [3.63, 3.8) is 0 Å². The van der Waals surface area contributed by atoms with Crippen LogP contribution in [0.3, 0.4) is 0 Å². The van der Waals surface area contributed by atoms with Crippen LogP contribution >= 0.6 is 23.2 Å². The fourth-order valence-electron chi connectivity index (χ4n) is 1.64. The van der Waals surface area contributed by atoms with Crippen LogP contribution in [-0.2, 0) is 11.3 Å². The Kier molecular flexibility index (Phi) is 3.76. The third-order valence-electron chi connectivity index (χ3n) is 2.50. The molecule has 6 heteroatoms. The number of hydrogen-bond donors (Lipinski definition) is 2. The number of aliphatic hydroxyl groups excluding tert-OH is 1. The Bertz CT molecular complexity index is 451. The zero-order valence-corrected chi connectivity index (χ0v) is 10.4. The predicted octanol–water partition coefficient (Wildman–Crippen LogP) is 2.02. The van der Waals surface area contributed by atoms with Gasteiger partial charge in [-0.15, -0.1) is 11.6 Å². The maximum atomic E-state index is 11.5. The molecule has 92 valence electrons. The van der Waals surface area contributed by atoms with Gasteiger partial charge in [-0.05, 0) is 6.07 Å². The highest BCUT2D eigenvalue weighted by molar-refractivity contribution is 6.34. The van der Waals surface area contributed by atoms with E-state index in [0.29, 0.717) is 16.3 Å². The number of hydrogen-bond acceptors (Lipinski definition) is 4. The number of aliphatic hydroxyl groups is 1. The number of anilines is 1. The summed E-state index contributed by atoms with van der Waals surface area (Å²) in [5.74, 6) is -0.283. The van der Waals surface area contributed by atoms with Crippen molar-refractivity contribution in [1.82, 2.24) is 0 Å². The van der Waals surface area contributed by atoms with Gasteiger partial charge in [0, 0.05) is 12.1 Å². The molecule has 0 fully saturated rings. The summed E-state index contributed by atoms with van der Waals surface area (Å²) < 4.78 is 4.93. The molecule has 0 bridgehead atoms. The van der Waals surface area contributed by atoms with Crippen molar-refractivity contribution in [1.29, 1.82) is 0 Å². The predicted molar refractivity (Wildman–Crippen MR) is 65.8 cm³/mol. The van der Waals surface area contributed by atoms with E-state index in [4.69, 9.17) is 27.9 Å². The second-order valence-electron chi connectivity index (χ2n) is 3.72. The molecule has 17 heavy (non-hydrogen) atoms. The molecule has 2 rings (SSSR count). The van der Waals surface area contributed by atoms with E-state index in [1.54, 1.807) is 12.1 Å². The van der Waals surface area contributed by atoms with Gasteiger partial charge >= 0.3 is 5.97 Å². The lowest BCUT2D eigenvalue weighted by molar-refractivity contribution is 0.0535. The van der Waals surface area contributed by atoms with Gasteiger partial charge < -0.3 is 15.2 Å². The Morgan fingerprint density at radius 1 is 1.53 bits per heavy atom. The molecule has 1 aliphatic rings. The molecule has 1 atom stereocenters. The summed E-state index contributed by atoms with van der Waals surface area (Å²) in [6, 6.07) is 3.45. The Morgan fingerprint density at radius 2 is 2.29 bits per heavy atom. The molecule has 0 aromatic heterocycles. The molecule has 1 aliphatic heterocycles. The van der Waals surface area contributed by atoms with E-state index >= 15 is 0 Å². The standard InChI is InChI=1S/C11H11Cl2NO3/c12-3-7(15)4-14-10-8(13)2-1-6-5-17-11(16)9(6)10/h1-2,7,14-15H,3-5H2. The van der Waals surface area contributed by atoms with E-state index in [2.05, 4.69) is 5.32 Å². The van der Waals surface area contributed by atoms with Crippen LogP contribution in [0.15, 0.2) is 12.1 Å². The normalized spacial score (nSPS) is 15.4. The monoisotopic (exact) mass is 275 g/mol. The maximum absolute atomic E-state index is 11.5. The molecule has 4 nitrogen and oxygen atoms in total. The van der Waals surface area contributed by atoms with E-state index in [1.165, 1.54) is 0 Å². The van der Waals surface area contributed by atoms with Crippen molar-refractivity contribution in [2.45, 2.75) is 12.7 Å². The molecule has 0 saturated carbocycles. The van der Waals surface area contributed by atoms with E-state index < -0.39 is 12.1 Å². The zero-order valence-electron chi connectivity index (χ0n) is 8.87. The first-order chi connectivity index (χ1) is 8.13. The number of rotatable bonds is 4. The van der Waals surface area contributed by atoms with Crippen LogP contribution in [0.1, 0.15) is 15.9 Å². The third-order valence-corrected chi connectivity index (χ3v) is 3.17. The Hall–Kier alpha value is -0.970. The van der Waals surface area contributed by atoms with Crippen LogP contribution in [0.25, 0.3) is 0 Å². The summed E-state index contributed by atoms with van der Waals surface area (Å²) in [6.45, 7) is 0.491. The van der Waals surface area contributed by atoms with Crippen molar-refractivity contribution in [3.05, 3.63) is 28.3 Å². The third kappa shape index (κ3) is 2.49. The highest BCUT2D eigenvalue weighted by Crippen LogP contribution is 2.33. The average Bonchev–Trinajstić information content (AvgIpc) is 2.70. The Morgan fingerprint density at radius 3 is 3.00 bits per heavy atom. The lowest BCUT2D eigenvalue weighted by Gasteiger charge is -2.13. The number of ether oxygens (including phenoxy) is 1. The molecule has 0 spiro atoms. The van der Waals surface area contributed by atoms with Crippen LogP contribution in [0.4, 0.5) is 5.69 Å². The largest absolute Gasteiger partial charge is 0.457 e. The summed E-state index contributed by atoms with van der Waals surface area (Å²) in [5.41, 5.74) is 1.73. The number of carbonyl (C=O) groups excluding carboxylic acids is 1. The SMILES string of the molecule is O=C1OCc2ccc(Cl)c(NCC(O)CCl)c21. The molecule has 1 unspecified atom stereocenters. The van der Waals surface area contributed by atoms with Crippen molar-refractivity contribution in [3.8, 4) is 0 Å². The molecule has 1 aromatic carbocycles. The molecular weight excluding hydrogens is 265 g/mol. The number of alkyl halides is 1. The van der Waals surface area contributed by atoms with Gasteiger partial charge in [-0.3, -0.25) is 0 Å². The number of fused-ring (bicyclic) bond motifs is 1. The summed E-state index contributed by atoms with van der Waals surface area (Å²) in [4.78, 5) is 11.5. The van der Waals surface area contributed by atoms with Gasteiger partial charge in [-0.1, -0.05) is 17.7 Å². The lowest BCUT2D eigenvalue weighted by Crippen LogP contribution is -2.22. The molecule has 2 N–H and O–H groups in total. The molecule has 0 radical (unpaired) electrons. The van der Waals surface area contributed by atoms with Crippen LogP contribution in [0.5, 0.6) is 0 Å². The molecular formula is C11H11Cl2NO3. The van der Waals surface area contributed by atoms with E-state index in [-0.39, 0.29) is 19.0 Å². The second kappa shape index (κ2) is 5.12. The topological polar surface area (TPSA) is 58.6 Å². The van der Waals surface area contributed by atoms with Gasteiger partial charge in [0.15, 0.2) is 0 Å². The minimum atomic E-state index is -0.694. The fraction of sp³-hybridized carbons (Fsp3) is 0.364. The first kappa shape index (κ1) is 12.5. The van der Waals surface area contributed by atoms with Crippen LogP contribution in [0.2, 0.25) is 5.02 Å². The quantitative estimate of drug-likeness (QED) is 0.652. The van der Waals surface area contributed by atoms with Gasteiger partial charge in [0.25, 0.3) is 0 Å². The van der Waals surface area contributed by atoms with E-state index in [9.17, 15) is 9.90 Å². The zero-order chi connectivity index (χ0) is 12.4. The second-order valence-corrected chi connectivity index (χ2v) is 4.44. The van der Waals surface area contributed by atoms with Gasteiger partial charge in [-0.2, -0.15) is 0 Å². The summed E-state index contributed by atoms with van der Waals surface area (Å²) in [7, 11) is 0. The molecule has 0 aliphatic carbocycles. The summed E-state index contributed by atoms with van der Waals surface area (Å²) in [6.07, 6.45) is -0.694. The first-order valence-corrected chi connectivity index (χ1v) is 6.01. The minimum absolute atomic E-state index is 0.115. The molecule has 1 heterocycles. The number of nitrogens with one attached hydrogen (secondary N) is 1. The highest BCUT2D eigenvalue weighted by atomic mass is 35.5. The van der Waals surface area contributed by atoms with Crippen LogP contribution in [0, 0.1) is 0 Å². The summed E-state index contributed by atoms with van der Waals surface area (Å²) in [5, 5.41) is 12.7. The van der Waals surface area contributed by atoms with Crippen molar-refractivity contribution >= 4 is 34.9 Å². The van der Waals surface area contributed by atoms with Crippen molar-refractivity contribution in [2.75, 3.05) is 17.7 Å². The van der Waals surface area contributed by atoms with E-state index in [0.717, 1.165) is 5.56 Å². The van der Waals surface area contributed by atoms with Gasteiger partial charge in [-0.25, -0.2) is 4.79 Å². The smallest absolute Gasteiger partial charge is 0.341 e. The number of carbonyl (C=O) groups is 1. The Labute approximate surface area is 108 Å². The molecule has 0 saturated heterocycles.